The molecule has 2 rings (SSSR count). The molecule has 0 aromatic carbocycles. The van der Waals surface area contributed by atoms with Crippen molar-refractivity contribution in [2.24, 2.45) is 0 Å². The van der Waals surface area contributed by atoms with Crippen molar-refractivity contribution in [3.05, 3.63) is 16.6 Å². The number of thiazole rings is 1. The monoisotopic (exact) mass is 304 g/mol. The number of sulfonamides is 1. The molecule has 1 aromatic rings. The van der Waals surface area contributed by atoms with E-state index in [4.69, 9.17) is 0 Å². The summed E-state index contributed by atoms with van der Waals surface area (Å²) in [7, 11) is -3.17. The van der Waals surface area contributed by atoms with Crippen molar-refractivity contribution >= 4 is 21.4 Å². The van der Waals surface area contributed by atoms with Gasteiger partial charge in [0.25, 0.3) is 0 Å². The van der Waals surface area contributed by atoms with Crippen molar-refractivity contribution in [3.8, 4) is 0 Å². The van der Waals surface area contributed by atoms with Crippen molar-refractivity contribution in [2.75, 3.05) is 45.0 Å². The SMILES string of the molecule is O=S(=O)(CCN1CCNCC1)NCCc1nccs1. The van der Waals surface area contributed by atoms with Gasteiger partial charge < -0.3 is 5.32 Å². The van der Waals surface area contributed by atoms with Gasteiger partial charge in [0.05, 0.1) is 10.8 Å². The van der Waals surface area contributed by atoms with Gasteiger partial charge in [-0.25, -0.2) is 18.1 Å². The molecule has 0 aliphatic carbocycles. The Bertz CT molecular complexity index is 455. The quantitative estimate of drug-likeness (QED) is 0.711. The first-order chi connectivity index (χ1) is 9.16. The molecule has 1 saturated heterocycles. The van der Waals surface area contributed by atoms with E-state index in [9.17, 15) is 8.42 Å². The van der Waals surface area contributed by atoms with Crippen LogP contribution in [0.2, 0.25) is 0 Å². The number of aromatic nitrogens is 1. The predicted molar refractivity (Wildman–Crippen MR) is 76.9 cm³/mol. The smallest absolute Gasteiger partial charge is 0.212 e. The van der Waals surface area contributed by atoms with Crippen LogP contribution in [-0.4, -0.2) is 63.3 Å². The van der Waals surface area contributed by atoms with E-state index in [0.717, 1.165) is 31.2 Å². The number of nitrogens with zero attached hydrogens (tertiary/aromatic N) is 2. The van der Waals surface area contributed by atoms with E-state index in [1.165, 1.54) is 0 Å². The van der Waals surface area contributed by atoms with Crippen molar-refractivity contribution in [1.29, 1.82) is 0 Å². The van der Waals surface area contributed by atoms with Crippen molar-refractivity contribution in [2.45, 2.75) is 6.42 Å². The average molecular weight is 304 g/mol. The molecule has 0 atom stereocenters. The summed E-state index contributed by atoms with van der Waals surface area (Å²) in [4.78, 5) is 6.30. The van der Waals surface area contributed by atoms with Gasteiger partial charge in [-0.15, -0.1) is 11.3 Å². The fourth-order valence-electron chi connectivity index (χ4n) is 1.95. The van der Waals surface area contributed by atoms with Crippen molar-refractivity contribution < 1.29 is 8.42 Å². The summed E-state index contributed by atoms with van der Waals surface area (Å²) in [5, 5.41) is 6.11. The standard InChI is InChI=1S/C11H20N4O2S2/c16-19(17,10-8-15-6-3-12-4-7-15)14-2-1-11-13-5-9-18-11/h5,9,12,14H,1-4,6-8,10H2. The molecule has 1 aliphatic rings. The molecule has 2 N–H and O–H groups in total. The van der Waals surface area contributed by atoms with E-state index in [1.807, 2.05) is 5.38 Å². The molecule has 0 unspecified atom stereocenters. The van der Waals surface area contributed by atoms with Gasteiger partial charge in [0.2, 0.25) is 10.0 Å². The fourth-order valence-corrected chi connectivity index (χ4v) is 3.62. The number of nitrogens with one attached hydrogen (secondary N) is 2. The highest BCUT2D eigenvalue weighted by molar-refractivity contribution is 7.89. The molecule has 19 heavy (non-hydrogen) atoms. The molecule has 108 valence electrons. The van der Waals surface area contributed by atoms with Crippen molar-refractivity contribution in [3.63, 3.8) is 0 Å². The van der Waals surface area contributed by atoms with Crippen LogP contribution in [0.25, 0.3) is 0 Å². The highest BCUT2D eigenvalue weighted by Gasteiger charge is 2.15. The molecule has 0 spiro atoms. The van der Waals surface area contributed by atoms with Gasteiger partial charge in [-0.2, -0.15) is 0 Å². The minimum atomic E-state index is -3.17. The van der Waals surface area contributed by atoms with Crippen LogP contribution >= 0.6 is 11.3 Å². The topological polar surface area (TPSA) is 74.3 Å². The molecule has 0 amide bonds. The van der Waals surface area contributed by atoms with E-state index in [0.29, 0.717) is 19.5 Å². The molecular formula is C11H20N4O2S2. The zero-order valence-corrected chi connectivity index (χ0v) is 12.5. The summed E-state index contributed by atoms with van der Waals surface area (Å²) in [6.07, 6.45) is 2.39. The van der Waals surface area contributed by atoms with Gasteiger partial charge in [0, 0.05) is 57.3 Å². The Labute approximate surface area is 118 Å². The highest BCUT2D eigenvalue weighted by atomic mass is 32.2. The molecule has 0 bridgehead atoms. The molecule has 2 heterocycles. The van der Waals surface area contributed by atoms with E-state index >= 15 is 0 Å². The van der Waals surface area contributed by atoms with Crippen LogP contribution in [0.5, 0.6) is 0 Å². The van der Waals surface area contributed by atoms with E-state index in [-0.39, 0.29) is 5.75 Å². The van der Waals surface area contributed by atoms with Crippen LogP contribution in [0.1, 0.15) is 5.01 Å². The second-order valence-electron chi connectivity index (χ2n) is 4.48. The molecule has 0 saturated carbocycles. The van der Waals surface area contributed by atoms with Crippen LogP contribution in [0.4, 0.5) is 0 Å². The lowest BCUT2D eigenvalue weighted by atomic mass is 10.4. The molecule has 0 radical (unpaired) electrons. The van der Waals surface area contributed by atoms with Gasteiger partial charge in [0.1, 0.15) is 0 Å². The summed E-state index contributed by atoms with van der Waals surface area (Å²) in [6, 6.07) is 0. The summed E-state index contributed by atoms with van der Waals surface area (Å²) >= 11 is 1.55. The van der Waals surface area contributed by atoms with Crippen molar-refractivity contribution in [1.82, 2.24) is 19.9 Å². The van der Waals surface area contributed by atoms with E-state index in [2.05, 4.69) is 19.9 Å². The van der Waals surface area contributed by atoms with Crippen LogP contribution in [0.3, 0.4) is 0 Å². The molecular weight excluding hydrogens is 284 g/mol. The summed E-state index contributed by atoms with van der Waals surface area (Å²) in [5.74, 6) is 0.171. The lowest BCUT2D eigenvalue weighted by Gasteiger charge is -2.26. The fraction of sp³-hybridized carbons (Fsp3) is 0.727. The number of rotatable bonds is 7. The Balaban J connectivity index is 1.66. The summed E-state index contributed by atoms with van der Waals surface area (Å²) in [6.45, 7) is 4.77. The van der Waals surface area contributed by atoms with Gasteiger partial charge in [0.15, 0.2) is 0 Å². The lowest BCUT2D eigenvalue weighted by molar-refractivity contribution is 0.253. The number of hydrogen-bond acceptors (Lipinski definition) is 6. The predicted octanol–water partition coefficient (Wildman–Crippen LogP) is -0.490. The second kappa shape index (κ2) is 7.30. The molecule has 6 nitrogen and oxygen atoms in total. The highest BCUT2D eigenvalue weighted by Crippen LogP contribution is 2.03. The van der Waals surface area contributed by atoms with E-state index in [1.54, 1.807) is 17.5 Å². The summed E-state index contributed by atoms with van der Waals surface area (Å²) in [5.41, 5.74) is 0. The van der Waals surface area contributed by atoms with Crippen LogP contribution < -0.4 is 10.0 Å². The zero-order valence-electron chi connectivity index (χ0n) is 10.8. The Morgan fingerprint density at radius 3 is 2.89 bits per heavy atom. The third kappa shape index (κ3) is 5.53. The molecule has 8 heteroatoms. The minimum absolute atomic E-state index is 0.171. The van der Waals surface area contributed by atoms with Gasteiger partial charge in [-0.3, -0.25) is 4.90 Å². The molecule has 1 fully saturated rings. The Morgan fingerprint density at radius 2 is 2.21 bits per heavy atom. The Morgan fingerprint density at radius 1 is 1.42 bits per heavy atom. The number of hydrogen-bond donors (Lipinski definition) is 2. The third-order valence-electron chi connectivity index (χ3n) is 3.03. The first kappa shape index (κ1) is 14.9. The lowest BCUT2D eigenvalue weighted by Crippen LogP contribution is -2.46. The largest absolute Gasteiger partial charge is 0.314 e. The minimum Gasteiger partial charge on any atom is -0.314 e. The van der Waals surface area contributed by atoms with Gasteiger partial charge in [-0.05, 0) is 0 Å². The van der Waals surface area contributed by atoms with E-state index < -0.39 is 10.0 Å². The maximum absolute atomic E-state index is 11.8. The summed E-state index contributed by atoms with van der Waals surface area (Å²) < 4.78 is 26.3. The van der Waals surface area contributed by atoms with Crippen LogP contribution in [-0.2, 0) is 16.4 Å². The average Bonchev–Trinajstić information content (AvgIpc) is 2.91. The first-order valence-corrected chi connectivity index (χ1v) is 8.98. The molecule has 1 aromatic heterocycles. The zero-order chi connectivity index (χ0) is 13.6. The number of piperazine rings is 1. The molecule has 1 aliphatic heterocycles. The third-order valence-corrected chi connectivity index (χ3v) is 5.23. The van der Waals surface area contributed by atoms with Crippen LogP contribution in [0.15, 0.2) is 11.6 Å². The Hall–Kier alpha value is -0.540. The second-order valence-corrected chi connectivity index (χ2v) is 7.39. The normalized spacial score (nSPS) is 17.7. The van der Waals surface area contributed by atoms with Crippen LogP contribution in [0, 0.1) is 0 Å². The Kier molecular flexibility index (Phi) is 5.71. The maximum atomic E-state index is 11.8. The van der Waals surface area contributed by atoms with Gasteiger partial charge >= 0.3 is 0 Å². The first-order valence-electron chi connectivity index (χ1n) is 6.44. The van der Waals surface area contributed by atoms with Gasteiger partial charge in [-0.1, -0.05) is 0 Å². The maximum Gasteiger partial charge on any atom is 0.212 e.